The van der Waals surface area contributed by atoms with Gasteiger partial charge in [-0.3, -0.25) is 9.36 Å². The lowest BCUT2D eigenvalue weighted by Gasteiger charge is -2.14. The Hall–Kier alpha value is -2.36. The van der Waals surface area contributed by atoms with Crippen LogP contribution in [0.5, 0.6) is 0 Å². The molecule has 0 aliphatic carbocycles. The van der Waals surface area contributed by atoms with Crippen LogP contribution in [-0.2, 0) is 26.7 Å². The third kappa shape index (κ3) is 6.38. The zero-order valence-corrected chi connectivity index (χ0v) is 18.0. The van der Waals surface area contributed by atoms with Crippen molar-refractivity contribution in [3.63, 3.8) is 0 Å². The molecule has 0 atom stereocenters. The van der Waals surface area contributed by atoms with Gasteiger partial charge in [-0.15, -0.1) is 24.0 Å². The van der Waals surface area contributed by atoms with E-state index in [0.717, 1.165) is 24.6 Å². The molecular weight excluding hydrogens is 453 g/mol. The van der Waals surface area contributed by atoms with Crippen LogP contribution in [-0.4, -0.2) is 32.1 Å². The molecule has 0 saturated carbocycles. The van der Waals surface area contributed by atoms with E-state index in [-0.39, 0.29) is 24.0 Å². The first-order valence-electron chi connectivity index (χ1n) is 8.78. The lowest BCUT2D eigenvalue weighted by Crippen LogP contribution is -2.37. The smallest absolute Gasteiger partial charge is 0.191 e. The Kier molecular flexibility index (Phi) is 8.31. The molecule has 0 radical (unpaired) electrons. The number of aliphatic imine (C=N–C) groups is 1. The van der Waals surface area contributed by atoms with Crippen LogP contribution in [0.25, 0.3) is 0 Å². The molecule has 8 heteroatoms. The van der Waals surface area contributed by atoms with Crippen LogP contribution in [0.4, 0.5) is 0 Å². The third-order valence-electron chi connectivity index (χ3n) is 3.98. The summed E-state index contributed by atoms with van der Waals surface area (Å²) in [5.41, 5.74) is 3.56. The first kappa shape index (κ1) is 20.9. The Balaban J connectivity index is 0.00000261. The number of rotatable bonds is 7. The van der Waals surface area contributed by atoms with Crippen LogP contribution in [0.1, 0.15) is 23.6 Å². The minimum absolute atomic E-state index is 0. The number of nitrogens with zero attached hydrogens (tertiary/aromatic N) is 5. The van der Waals surface area contributed by atoms with E-state index in [2.05, 4.69) is 57.0 Å². The highest BCUT2D eigenvalue weighted by atomic mass is 127. The second-order valence-corrected chi connectivity index (χ2v) is 6.04. The van der Waals surface area contributed by atoms with Crippen LogP contribution in [0, 0.1) is 0 Å². The van der Waals surface area contributed by atoms with Crippen LogP contribution >= 0.6 is 24.0 Å². The third-order valence-corrected chi connectivity index (χ3v) is 3.98. The van der Waals surface area contributed by atoms with Gasteiger partial charge in [0.1, 0.15) is 0 Å². The molecule has 0 spiro atoms. The van der Waals surface area contributed by atoms with Crippen molar-refractivity contribution in [2.75, 3.05) is 6.54 Å². The second kappa shape index (κ2) is 10.7. The summed E-state index contributed by atoms with van der Waals surface area (Å²) in [6.45, 7) is 4.93. The van der Waals surface area contributed by atoms with E-state index in [1.807, 2.05) is 36.4 Å². The summed E-state index contributed by atoms with van der Waals surface area (Å²) in [7, 11) is 1.91. The van der Waals surface area contributed by atoms with E-state index >= 15 is 0 Å². The van der Waals surface area contributed by atoms with Crippen molar-refractivity contribution in [2.24, 2.45) is 12.0 Å². The van der Waals surface area contributed by atoms with Gasteiger partial charge in [0.25, 0.3) is 0 Å². The predicted octanol–water partition coefficient (Wildman–Crippen LogP) is 2.54. The fraction of sp³-hybridized carbons (Fsp3) is 0.316. The standard InChI is InChI=1S/C19H25N7.HI/c1-3-20-19(21-11-16-12-24-25(2)14-16)22-13-17-7-4-5-8-18(17)15-26-10-6-9-23-26;/h4-10,12,14H,3,11,13,15H2,1-2H3,(H2,20,21,22);1H. The molecule has 2 heterocycles. The maximum atomic E-state index is 4.64. The summed E-state index contributed by atoms with van der Waals surface area (Å²) in [5.74, 6) is 0.797. The van der Waals surface area contributed by atoms with E-state index in [4.69, 9.17) is 0 Å². The molecule has 0 unspecified atom stereocenters. The maximum absolute atomic E-state index is 4.64. The van der Waals surface area contributed by atoms with Gasteiger partial charge in [-0.2, -0.15) is 10.2 Å². The van der Waals surface area contributed by atoms with Crippen LogP contribution in [0.2, 0.25) is 0 Å². The minimum atomic E-state index is 0. The highest BCUT2D eigenvalue weighted by Crippen LogP contribution is 2.10. The largest absolute Gasteiger partial charge is 0.357 e. The second-order valence-electron chi connectivity index (χ2n) is 6.04. The number of hydrogen-bond donors (Lipinski definition) is 2. The van der Waals surface area contributed by atoms with Gasteiger partial charge < -0.3 is 10.6 Å². The fourth-order valence-electron chi connectivity index (χ4n) is 2.70. The van der Waals surface area contributed by atoms with Crippen molar-refractivity contribution in [1.82, 2.24) is 30.2 Å². The predicted molar refractivity (Wildman–Crippen MR) is 118 cm³/mol. The molecule has 0 aliphatic rings. The summed E-state index contributed by atoms with van der Waals surface area (Å²) >= 11 is 0. The van der Waals surface area contributed by atoms with Crippen LogP contribution in [0.15, 0.2) is 60.1 Å². The van der Waals surface area contributed by atoms with Gasteiger partial charge in [-0.1, -0.05) is 24.3 Å². The number of aromatic nitrogens is 4. The van der Waals surface area contributed by atoms with Crippen molar-refractivity contribution in [3.05, 3.63) is 71.8 Å². The number of hydrogen-bond acceptors (Lipinski definition) is 3. The van der Waals surface area contributed by atoms with E-state index in [9.17, 15) is 0 Å². The van der Waals surface area contributed by atoms with Crippen molar-refractivity contribution in [1.29, 1.82) is 0 Å². The number of nitrogens with one attached hydrogen (secondary N) is 2. The molecule has 3 rings (SSSR count). The minimum Gasteiger partial charge on any atom is -0.357 e. The van der Waals surface area contributed by atoms with E-state index in [1.165, 1.54) is 11.1 Å². The van der Waals surface area contributed by atoms with Gasteiger partial charge in [-0.25, -0.2) is 4.99 Å². The molecule has 144 valence electrons. The number of aryl methyl sites for hydroxylation is 1. The normalized spacial score (nSPS) is 11.1. The van der Waals surface area contributed by atoms with Crippen molar-refractivity contribution in [2.45, 2.75) is 26.6 Å². The van der Waals surface area contributed by atoms with Gasteiger partial charge in [-0.05, 0) is 24.1 Å². The van der Waals surface area contributed by atoms with Crippen molar-refractivity contribution in [3.8, 4) is 0 Å². The fourth-order valence-corrected chi connectivity index (χ4v) is 2.70. The molecule has 3 aromatic rings. The average Bonchev–Trinajstić information content (AvgIpc) is 3.30. The van der Waals surface area contributed by atoms with E-state index in [1.54, 1.807) is 10.9 Å². The lowest BCUT2D eigenvalue weighted by atomic mass is 10.1. The molecule has 0 aliphatic heterocycles. The first-order chi connectivity index (χ1) is 12.7. The zero-order chi connectivity index (χ0) is 18.2. The number of halogens is 1. The Bertz CT molecular complexity index is 839. The molecule has 1 aromatic carbocycles. The van der Waals surface area contributed by atoms with Crippen molar-refractivity contribution >= 4 is 29.9 Å². The molecule has 27 heavy (non-hydrogen) atoms. The van der Waals surface area contributed by atoms with E-state index in [0.29, 0.717) is 13.1 Å². The molecule has 2 N–H and O–H groups in total. The Morgan fingerprint density at radius 2 is 1.93 bits per heavy atom. The Morgan fingerprint density at radius 3 is 2.59 bits per heavy atom. The summed E-state index contributed by atoms with van der Waals surface area (Å²) in [5, 5.41) is 15.2. The highest BCUT2D eigenvalue weighted by molar-refractivity contribution is 14.0. The Labute approximate surface area is 176 Å². The van der Waals surface area contributed by atoms with E-state index < -0.39 is 0 Å². The molecule has 2 aromatic heterocycles. The lowest BCUT2D eigenvalue weighted by molar-refractivity contribution is 0.677. The quantitative estimate of drug-likeness (QED) is 0.311. The molecule has 0 saturated heterocycles. The summed E-state index contributed by atoms with van der Waals surface area (Å²) in [6.07, 6.45) is 7.60. The number of benzene rings is 1. The summed E-state index contributed by atoms with van der Waals surface area (Å²) in [6, 6.07) is 10.3. The number of guanidine groups is 1. The SMILES string of the molecule is CCNC(=NCc1cnn(C)c1)NCc1ccccc1Cn1cccn1.I. The maximum Gasteiger partial charge on any atom is 0.191 e. The summed E-state index contributed by atoms with van der Waals surface area (Å²) < 4.78 is 3.72. The first-order valence-corrected chi connectivity index (χ1v) is 8.78. The van der Waals surface area contributed by atoms with Crippen LogP contribution in [0.3, 0.4) is 0 Å². The zero-order valence-electron chi connectivity index (χ0n) is 15.7. The molecular formula is C19H26IN7. The van der Waals surface area contributed by atoms with Crippen molar-refractivity contribution < 1.29 is 0 Å². The molecule has 7 nitrogen and oxygen atoms in total. The molecule has 0 amide bonds. The highest BCUT2D eigenvalue weighted by Gasteiger charge is 2.05. The van der Waals surface area contributed by atoms with Gasteiger partial charge in [0.2, 0.25) is 0 Å². The van der Waals surface area contributed by atoms with Gasteiger partial charge in [0.15, 0.2) is 5.96 Å². The summed E-state index contributed by atoms with van der Waals surface area (Å²) in [4.78, 5) is 4.64. The average molecular weight is 479 g/mol. The van der Waals surface area contributed by atoms with Gasteiger partial charge >= 0.3 is 0 Å². The topological polar surface area (TPSA) is 72.1 Å². The Morgan fingerprint density at radius 1 is 1.11 bits per heavy atom. The van der Waals surface area contributed by atoms with Gasteiger partial charge in [0.05, 0.1) is 19.3 Å². The molecule has 0 bridgehead atoms. The monoisotopic (exact) mass is 479 g/mol. The van der Waals surface area contributed by atoms with Gasteiger partial charge in [0, 0.05) is 44.3 Å². The molecule has 0 fully saturated rings. The van der Waals surface area contributed by atoms with Crippen LogP contribution < -0.4 is 10.6 Å².